The van der Waals surface area contributed by atoms with E-state index in [4.69, 9.17) is 14.0 Å². The van der Waals surface area contributed by atoms with E-state index in [9.17, 15) is 4.79 Å². The predicted octanol–water partition coefficient (Wildman–Crippen LogP) is 3.73. The summed E-state index contributed by atoms with van der Waals surface area (Å²) < 4.78 is 16.0. The minimum absolute atomic E-state index is 0.0671. The maximum absolute atomic E-state index is 13.0. The van der Waals surface area contributed by atoms with Gasteiger partial charge in [-0.3, -0.25) is 4.79 Å². The quantitative estimate of drug-likeness (QED) is 0.672. The number of carbonyl (C=O) groups excluding carboxylic acids is 1. The van der Waals surface area contributed by atoms with Crippen LogP contribution in [0.5, 0.6) is 11.5 Å². The summed E-state index contributed by atoms with van der Waals surface area (Å²) >= 11 is 0. The fourth-order valence-electron chi connectivity index (χ4n) is 3.44. The van der Waals surface area contributed by atoms with Crippen molar-refractivity contribution >= 4 is 5.91 Å². The molecule has 1 aliphatic rings. The summed E-state index contributed by atoms with van der Waals surface area (Å²) in [6.45, 7) is 0.650. The van der Waals surface area contributed by atoms with E-state index >= 15 is 0 Å². The van der Waals surface area contributed by atoms with Crippen molar-refractivity contribution < 1.29 is 18.8 Å². The van der Waals surface area contributed by atoms with E-state index < -0.39 is 0 Å². The van der Waals surface area contributed by atoms with Crippen LogP contribution in [-0.2, 0) is 0 Å². The van der Waals surface area contributed by atoms with Gasteiger partial charge in [0.1, 0.15) is 17.5 Å². The van der Waals surface area contributed by atoms with E-state index in [1.807, 2.05) is 36.4 Å². The average Bonchev–Trinajstić information content (AvgIpc) is 3.42. The van der Waals surface area contributed by atoms with Gasteiger partial charge >= 0.3 is 0 Å². The zero-order valence-electron chi connectivity index (χ0n) is 15.8. The van der Waals surface area contributed by atoms with Crippen LogP contribution >= 0.6 is 0 Å². The highest BCUT2D eigenvalue weighted by Gasteiger charge is 2.34. The third kappa shape index (κ3) is 3.43. The summed E-state index contributed by atoms with van der Waals surface area (Å²) in [5.74, 6) is 2.24. The van der Waals surface area contributed by atoms with E-state index in [-0.39, 0.29) is 11.9 Å². The monoisotopic (exact) mass is 379 g/mol. The molecular formula is C21H21N3O4. The van der Waals surface area contributed by atoms with E-state index in [0.717, 1.165) is 24.2 Å². The van der Waals surface area contributed by atoms with Gasteiger partial charge in [-0.25, -0.2) is 0 Å². The third-order valence-electron chi connectivity index (χ3n) is 4.89. The van der Waals surface area contributed by atoms with Gasteiger partial charge in [-0.2, -0.15) is 4.98 Å². The van der Waals surface area contributed by atoms with Gasteiger partial charge in [-0.15, -0.1) is 0 Å². The molecule has 7 heteroatoms. The zero-order chi connectivity index (χ0) is 19.5. The van der Waals surface area contributed by atoms with Crippen LogP contribution < -0.4 is 9.47 Å². The number of hydrogen-bond acceptors (Lipinski definition) is 6. The smallest absolute Gasteiger partial charge is 0.254 e. The van der Waals surface area contributed by atoms with Crippen LogP contribution in [0.25, 0.3) is 11.4 Å². The standard InChI is InChI=1S/C21H21N3O4/c1-26-16-8-3-6-14(12-16)19-22-20(28-23-19)18-10-5-11-24(18)21(25)15-7-4-9-17(13-15)27-2/h3-4,6-9,12-13,18H,5,10-11H2,1-2H3/t18-/m0/s1. The molecule has 0 N–H and O–H groups in total. The highest BCUT2D eigenvalue weighted by Crippen LogP contribution is 2.34. The van der Waals surface area contributed by atoms with Crippen molar-refractivity contribution in [1.29, 1.82) is 0 Å². The van der Waals surface area contributed by atoms with Crippen LogP contribution in [0, 0.1) is 0 Å². The second kappa shape index (κ2) is 7.72. The molecule has 2 aromatic carbocycles. The lowest BCUT2D eigenvalue weighted by molar-refractivity contribution is 0.0709. The molecule has 144 valence electrons. The molecule has 0 saturated carbocycles. The van der Waals surface area contributed by atoms with Crippen LogP contribution in [-0.4, -0.2) is 41.7 Å². The predicted molar refractivity (Wildman–Crippen MR) is 102 cm³/mol. The van der Waals surface area contributed by atoms with Gasteiger partial charge in [0, 0.05) is 17.7 Å². The van der Waals surface area contributed by atoms with Gasteiger partial charge in [0.2, 0.25) is 11.7 Å². The molecule has 1 saturated heterocycles. The fourth-order valence-corrected chi connectivity index (χ4v) is 3.44. The fraction of sp³-hybridized carbons (Fsp3) is 0.286. The zero-order valence-corrected chi connectivity index (χ0v) is 15.8. The number of amides is 1. The number of likely N-dealkylation sites (tertiary alicyclic amines) is 1. The molecule has 0 radical (unpaired) electrons. The molecule has 1 atom stereocenters. The number of aromatic nitrogens is 2. The van der Waals surface area contributed by atoms with Crippen LogP contribution in [0.3, 0.4) is 0 Å². The Morgan fingerprint density at radius 3 is 2.64 bits per heavy atom. The summed E-state index contributed by atoms with van der Waals surface area (Å²) in [6.07, 6.45) is 1.67. The molecule has 1 fully saturated rings. The molecule has 4 rings (SSSR count). The maximum Gasteiger partial charge on any atom is 0.254 e. The van der Waals surface area contributed by atoms with Gasteiger partial charge in [0.25, 0.3) is 5.91 Å². The van der Waals surface area contributed by atoms with Crippen molar-refractivity contribution in [3.8, 4) is 22.9 Å². The van der Waals surface area contributed by atoms with Crippen molar-refractivity contribution in [1.82, 2.24) is 15.0 Å². The van der Waals surface area contributed by atoms with Gasteiger partial charge in [0.05, 0.1) is 14.2 Å². The lowest BCUT2D eigenvalue weighted by Gasteiger charge is -2.22. The molecule has 2 heterocycles. The molecule has 0 spiro atoms. The Bertz CT molecular complexity index is 985. The first-order chi connectivity index (χ1) is 13.7. The first kappa shape index (κ1) is 18.0. The highest BCUT2D eigenvalue weighted by molar-refractivity contribution is 5.95. The van der Waals surface area contributed by atoms with Crippen molar-refractivity contribution in [2.75, 3.05) is 20.8 Å². The van der Waals surface area contributed by atoms with E-state index in [0.29, 0.717) is 29.6 Å². The van der Waals surface area contributed by atoms with Crippen molar-refractivity contribution in [3.05, 3.63) is 60.0 Å². The Balaban J connectivity index is 1.58. The summed E-state index contributed by atoms with van der Waals surface area (Å²) in [4.78, 5) is 19.4. The molecule has 0 aliphatic carbocycles. The molecular weight excluding hydrogens is 358 g/mol. The Kier molecular flexibility index (Phi) is 4.97. The van der Waals surface area contributed by atoms with E-state index in [2.05, 4.69) is 10.1 Å². The second-order valence-corrected chi connectivity index (χ2v) is 6.58. The molecule has 0 bridgehead atoms. The molecule has 1 amide bonds. The first-order valence-corrected chi connectivity index (χ1v) is 9.12. The Hall–Kier alpha value is -3.35. The SMILES string of the molecule is COc1cccc(C(=O)N2CCC[C@H]2c2nc(-c3cccc(OC)c3)no2)c1. The van der Waals surface area contributed by atoms with Crippen molar-refractivity contribution in [2.24, 2.45) is 0 Å². The number of carbonyl (C=O) groups is 1. The molecule has 0 unspecified atom stereocenters. The van der Waals surface area contributed by atoms with Gasteiger partial charge in [-0.05, 0) is 43.2 Å². The lowest BCUT2D eigenvalue weighted by Crippen LogP contribution is -2.30. The normalized spacial score (nSPS) is 16.2. The summed E-state index contributed by atoms with van der Waals surface area (Å²) in [5.41, 5.74) is 1.39. The first-order valence-electron chi connectivity index (χ1n) is 9.12. The lowest BCUT2D eigenvalue weighted by atomic mass is 10.1. The minimum atomic E-state index is -0.231. The summed E-state index contributed by atoms with van der Waals surface area (Å²) in [7, 11) is 3.20. The van der Waals surface area contributed by atoms with Gasteiger partial charge in [-0.1, -0.05) is 23.4 Å². The largest absolute Gasteiger partial charge is 0.497 e. The molecule has 3 aromatic rings. The number of nitrogens with zero attached hydrogens (tertiary/aromatic N) is 3. The van der Waals surface area contributed by atoms with Crippen LogP contribution in [0.15, 0.2) is 53.1 Å². The van der Waals surface area contributed by atoms with Crippen molar-refractivity contribution in [2.45, 2.75) is 18.9 Å². The topological polar surface area (TPSA) is 77.7 Å². The maximum atomic E-state index is 13.0. The Morgan fingerprint density at radius 1 is 1.11 bits per heavy atom. The van der Waals surface area contributed by atoms with Gasteiger partial charge < -0.3 is 18.9 Å². The number of hydrogen-bond donors (Lipinski definition) is 0. The summed E-state index contributed by atoms with van der Waals surface area (Å²) in [6, 6.07) is 14.4. The van der Waals surface area contributed by atoms with E-state index in [1.54, 1.807) is 31.3 Å². The second-order valence-electron chi connectivity index (χ2n) is 6.58. The van der Waals surface area contributed by atoms with Crippen molar-refractivity contribution in [3.63, 3.8) is 0 Å². The number of benzene rings is 2. The highest BCUT2D eigenvalue weighted by atomic mass is 16.5. The minimum Gasteiger partial charge on any atom is -0.497 e. The Morgan fingerprint density at radius 2 is 1.86 bits per heavy atom. The molecule has 28 heavy (non-hydrogen) atoms. The van der Waals surface area contributed by atoms with Crippen LogP contribution in [0.2, 0.25) is 0 Å². The molecule has 1 aliphatic heterocycles. The summed E-state index contributed by atoms with van der Waals surface area (Å²) in [5, 5.41) is 4.10. The number of ether oxygens (including phenoxy) is 2. The third-order valence-corrected chi connectivity index (χ3v) is 4.89. The molecule has 1 aromatic heterocycles. The average molecular weight is 379 g/mol. The molecule has 7 nitrogen and oxygen atoms in total. The van der Waals surface area contributed by atoms with Crippen LogP contribution in [0.4, 0.5) is 0 Å². The van der Waals surface area contributed by atoms with Gasteiger partial charge in [0.15, 0.2) is 0 Å². The number of rotatable bonds is 5. The Labute approximate surface area is 162 Å². The number of methoxy groups -OCH3 is 2. The van der Waals surface area contributed by atoms with Crippen LogP contribution in [0.1, 0.15) is 35.1 Å². The van der Waals surface area contributed by atoms with E-state index in [1.165, 1.54) is 0 Å².